The standard InChI is InChI=1S/C18H20N4O4S/c19-27(25,26)16-8-6-14(7-9-16)22-18(24)20-11-12-2-1-3-15(10-12)21-17(23)13-4-5-13/h1-3,6-10,13H,4-5,11H2,(H,21,23)(H2,19,25,26)(H2,20,22,24). The minimum Gasteiger partial charge on any atom is -0.334 e. The van der Waals surface area contributed by atoms with Crippen molar-refractivity contribution in [2.45, 2.75) is 24.3 Å². The number of amides is 3. The van der Waals surface area contributed by atoms with Gasteiger partial charge in [-0.1, -0.05) is 12.1 Å². The molecular weight excluding hydrogens is 368 g/mol. The minimum absolute atomic E-state index is 0.0285. The number of sulfonamides is 1. The van der Waals surface area contributed by atoms with Crippen LogP contribution in [0.15, 0.2) is 53.4 Å². The number of carbonyl (C=O) groups excluding carboxylic acids is 2. The third-order valence-corrected chi connectivity index (χ3v) is 4.97. The highest BCUT2D eigenvalue weighted by atomic mass is 32.2. The van der Waals surface area contributed by atoms with Gasteiger partial charge in [-0.05, 0) is 54.8 Å². The van der Waals surface area contributed by atoms with Crippen LogP contribution < -0.4 is 21.1 Å². The lowest BCUT2D eigenvalue weighted by atomic mass is 10.2. The van der Waals surface area contributed by atoms with Crippen LogP contribution in [0.5, 0.6) is 0 Å². The SMILES string of the molecule is NS(=O)(=O)c1ccc(NC(=O)NCc2cccc(NC(=O)C3CC3)c2)cc1. The molecular formula is C18H20N4O4S. The number of rotatable bonds is 6. The Hall–Kier alpha value is -2.91. The van der Waals surface area contributed by atoms with Gasteiger partial charge in [0, 0.05) is 23.8 Å². The third kappa shape index (κ3) is 5.53. The van der Waals surface area contributed by atoms with Crippen molar-refractivity contribution < 1.29 is 18.0 Å². The van der Waals surface area contributed by atoms with Gasteiger partial charge in [0.25, 0.3) is 0 Å². The fourth-order valence-corrected chi connectivity index (χ4v) is 2.95. The molecule has 8 nitrogen and oxygen atoms in total. The molecule has 0 bridgehead atoms. The van der Waals surface area contributed by atoms with E-state index < -0.39 is 16.1 Å². The summed E-state index contributed by atoms with van der Waals surface area (Å²) in [7, 11) is -3.77. The van der Waals surface area contributed by atoms with Crippen molar-refractivity contribution in [1.82, 2.24) is 5.32 Å². The largest absolute Gasteiger partial charge is 0.334 e. The monoisotopic (exact) mass is 388 g/mol. The van der Waals surface area contributed by atoms with E-state index in [-0.39, 0.29) is 23.3 Å². The Bertz CT molecular complexity index is 954. The van der Waals surface area contributed by atoms with Crippen molar-refractivity contribution in [2.24, 2.45) is 11.1 Å². The van der Waals surface area contributed by atoms with Crippen LogP contribution in [-0.4, -0.2) is 20.4 Å². The van der Waals surface area contributed by atoms with E-state index >= 15 is 0 Å². The van der Waals surface area contributed by atoms with E-state index in [1.807, 2.05) is 18.2 Å². The lowest BCUT2D eigenvalue weighted by molar-refractivity contribution is -0.117. The third-order valence-electron chi connectivity index (χ3n) is 4.04. The van der Waals surface area contributed by atoms with E-state index in [0.717, 1.165) is 18.4 Å². The number of urea groups is 1. The first-order valence-corrected chi connectivity index (χ1v) is 9.93. The quantitative estimate of drug-likeness (QED) is 0.603. The average Bonchev–Trinajstić information content (AvgIpc) is 3.45. The van der Waals surface area contributed by atoms with E-state index in [4.69, 9.17) is 5.14 Å². The first-order valence-electron chi connectivity index (χ1n) is 8.39. The molecule has 0 radical (unpaired) electrons. The molecule has 1 fully saturated rings. The Kier molecular flexibility index (Phi) is 5.43. The van der Waals surface area contributed by atoms with Gasteiger partial charge in [0.2, 0.25) is 15.9 Å². The number of anilines is 2. The maximum atomic E-state index is 12.0. The lowest BCUT2D eigenvalue weighted by Crippen LogP contribution is -2.28. The number of nitrogens with one attached hydrogen (secondary N) is 3. The van der Waals surface area contributed by atoms with Crippen molar-refractivity contribution in [3.8, 4) is 0 Å². The van der Waals surface area contributed by atoms with Crippen molar-refractivity contribution in [3.63, 3.8) is 0 Å². The van der Waals surface area contributed by atoms with Crippen molar-refractivity contribution in [3.05, 3.63) is 54.1 Å². The summed E-state index contributed by atoms with van der Waals surface area (Å²) in [5, 5.41) is 13.2. The van der Waals surface area contributed by atoms with E-state index in [0.29, 0.717) is 11.4 Å². The second-order valence-electron chi connectivity index (χ2n) is 6.34. The smallest absolute Gasteiger partial charge is 0.319 e. The predicted octanol–water partition coefficient (Wildman–Crippen LogP) is 2.00. The second-order valence-corrected chi connectivity index (χ2v) is 7.90. The molecule has 0 aromatic heterocycles. The summed E-state index contributed by atoms with van der Waals surface area (Å²) in [5.74, 6) is 0.152. The van der Waals surface area contributed by atoms with Gasteiger partial charge >= 0.3 is 6.03 Å². The van der Waals surface area contributed by atoms with Crippen LogP contribution in [0.4, 0.5) is 16.2 Å². The Morgan fingerprint density at radius 1 is 1.00 bits per heavy atom. The molecule has 2 aromatic carbocycles. The van der Waals surface area contributed by atoms with Crippen LogP contribution in [-0.2, 0) is 21.4 Å². The predicted molar refractivity (Wildman–Crippen MR) is 101 cm³/mol. The first kappa shape index (κ1) is 18.9. The van der Waals surface area contributed by atoms with Crippen LogP contribution >= 0.6 is 0 Å². The van der Waals surface area contributed by atoms with E-state index in [9.17, 15) is 18.0 Å². The second kappa shape index (κ2) is 7.77. The zero-order valence-corrected chi connectivity index (χ0v) is 15.3. The van der Waals surface area contributed by atoms with E-state index in [1.54, 1.807) is 6.07 Å². The van der Waals surface area contributed by atoms with Crippen LogP contribution in [0.25, 0.3) is 0 Å². The maximum absolute atomic E-state index is 12.0. The van der Waals surface area contributed by atoms with Gasteiger partial charge in [0.1, 0.15) is 0 Å². The highest BCUT2D eigenvalue weighted by Crippen LogP contribution is 2.30. The molecule has 3 amide bonds. The van der Waals surface area contributed by atoms with E-state index in [2.05, 4.69) is 16.0 Å². The summed E-state index contributed by atoms with van der Waals surface area (Å²) in [6.07, 6.45) is 1.87. The van der Waals surface area contributed by atoms with Gasteiger partial charge in [0.15, 0.2) is 0 Å². The molecule has 2 aromatic rings. The van der Waals surface area contributed by atoms with Crippen LogP contribution in [0, 0.1) is 5.92 Å². The zero-order valence-electron chi connectivity index (χ0n) is 14.4. The fraction of sp³-hybridized carbons (Fsp3) is 0.222. The maximum Gasteiger partial charge on any atom is 0.319 e. The van der Waals surface area contributed by atoms with Gasteiger partial charge in [-0.2, -0.15) is 0 Å². The molecule has 1 saturated carbocycles. The highest BCUT2D eigenvalue weighted by Gasteiger charge is 2.29. The Balaban J connectivity index is 1.52. The summed E-state index contributed by atoms with van der Waals surface area (Å²) in [6, 6.07) is 12.4. The molecule has 0 unspecified atom stereocenters. The molecule has 1 aliphatic rings. The van der Waals surface area contributed by atoms with Crippen LogP contribution in [0.1, 0.15) is 18.4 Å². The average molecular weight is 388 g/mol. The summed E-state index contributed by atoms with van der Waals surface area (Å²) < 4.78 is 22.4. The van der Waals surface area contributed by atoms with Crippen molar-refractivity contribution in [2.75, 3.05) is 10.6 Å². The number of hydrogen-bond acceptors (Lipinski definition) is 4. The Labute approximate surface area is 157 Å². The van der Waals surface area contributed by atoms with Crippen LogP contribution in [0.2, 0.25) is 0 Å². The zero-order chi connectivity index (χ0) is 19.4. The number of hydrogen-bond donors (Lipinski definition) is 4. The molecule has 3 rings (SSSR count). The van der Waals surface area contributed by atoms with Crippen molar-refractivity contribution >= 4 is 33.3 Å². The topological polar surface area (TPSA) is 130 Å². The Morgan fingerprint density at radius 2 is 1.70 bits per heavy atom. The molecule has 1 aliphatic carbocycles. The number of nitrogens with two attached hydrogens (primary N) is 1. The molecule has 0 aliphatic heterocycles. The molecule has 5 N–H and O–H groups in total. The number of benzene rings is 2. The lowest BCUT2D eigenvalue weighted by Gasteiger charge is -2.10. The van der Waals surface area contributed by atoms with Gasteiger partial charge in [-0.25, -0.2) is 18.4 Å². The van der Waals surface area contributed by atoms with Gasteiger partial charge < -0.3 is 16.0 Å². The first-order chi connectivity index (χ1) is 12.8. The Morgan fingerprint density at radius 3 is 2.33 bits per heavy atom. The van der Waals surface area contributed by atoms with Gasteiger partial charge in [0.05, 0.1) is 4.90 Å². The molecule has 0 spiro atoms. The molecule has 27 heavy (non-hydrogen) atoms. The minimum atomic E-state index is -3.77. The van der Waals surface area contributed by atoms with E-state index in [1.165, 1.54) is 24.3 Å². The summed E-state index contributed by atoms with van der Waals surface area (Å²) in [4.78, 5) is 23.8. The number of primary sulfonamides is 1. The van der Waals surface area contributed by atoms with Gasteiger partial charge in [-0.15, -0.1) is 0 Å². The summed E-state index contributed by atoms with van der Waals surface area (Å²) >= 11 is 0. The molecule has 0 atom stereocenters. The molecule has 9 heteroatoms. The highest BCUT2D eigenvalue weighted by molar-refractivity contribution is 7.89. The van der Waals surface area contributed by atoms with Crippen LogP contribution in [0.3, 0.4) is 0 Å². The van der Waals surface area contributed by atoms with Gasteiger partial charge in [-0.3, -0.25) is 4.79 Å². The summed E-state index contributed by atoms with van der Waals surface area (Å²) in [6.45, 7) is 0.272. The summed E-state index contributed by atoms with van der Waals surface area (Å²) in [5.41, 5.74) is 1.97. The molecule has 0 saturated heterocycles. The normalized spacial score (nSPS) is 13.7. The molecule has 142 valence electrons. The fourth-order valence-electron chi connectivity index (χ4n) is 2.43. The molecule has 0 heterocycles. The number of carbonyl (C=O) groups is 2. The van der Waals surface area contributed by atoms with Crippen molar-refractivity contribution in [1.29, 1.82) is 0 Å².